The molecule has 10 heavy (non-hydrogen) atoms. The van der Waals surface area contributed by atoms with Crippen molar-refractivity contribution in [2.45, 2.75) is 0 Å². The van der Waals surface area contributed by atoms with Crippen LogP contribution < -0.4 is 0 Å². The maximum Gasteiger partial charge on any atom is 0.352 e. The molecule has 0 unspecified atom stereocenters. The standard InChI is InChI=1S/C5H9BrO4/c1-8-2-3-9-10-5(7)4-6/h2-4H2,1H3. The zero-order valence-electron chi connectivity index (χ0n) is 5.63. The average Bonchev–Trinajstić information content (AvgIpc) is 1.98. The minimum absolute atomic E-state index is 0.139. The van der Waals surface area contributed by atoms with Gasteiger partial charge in [0.25, 0.3) is 0 Å². The number of carbonyl (C=O) groups is 1. The number of alkyl halides is 1. The first-order valence-corrected chi connectivity index (χ1v) is 3.80. The first-order valence-electron chi connectivity index (χ1n) is 2.68. The second-order valence-electron chi connectivity index (χ2n) is 1.40. The fraction of sp³-hybridized carbons (Fsp3) is 0.800. The number of rotatable bonds is 5. The summed E-state index contributed by atoms with van der Waals surface area (Å²) in [5.74, 6) is -0.448. The van der Waals surface area contributed by atoms with E-state index in [0.29, 0.717) is 6.61 Å². The molecular formula is C5H9BrO4. The Hall–Kier alpha value is -0.130. The Balaban J connectivity index is 2.96. The van der Waals surface area contributed by atoms with Gasteiger partial charge in [0.2, 0.25) is 0 Å². The van der Waals surface area contributed by atoms with Crippen molar-refractivity contribution < 1.29 is 19.3 Å². The smallest absolute Gasteiger partial charge is 0.352 e. The van der Waals surface area contributed by atoms with E-state index in [1.165, 1.54) is 7.11 Å². The molecule has 0 aromatic carbocycles. The molecule has 0 bridgehead atoms. The monoisotopic (exact) mass is 212 g/mol. The number of halogens is 1. The highest BCUT2D eigenvalue weighted by atomic mass is 79.9. The molecule has 0 radical (unpaired) electrons. The van der Waals surface area contributed by atoms with Crippen molar-refractivity contribution in [1.82, 2.24) is 0 Å². The van der Waals surface area contributed by atoms with Crippen LogP contribution in [-0.2, 0) is 19.3 Å². The van der Waals surface area contributed by atoms with Crippen molar-refractivity contribution in [2.24, 2.45) is 0 Å². The van der Waals surface area contributed by atoms with Crippen molar-refractivity contribution >= 4 is 21.9 Å². The largest absolute Gasteiger partial charge is 0.382 e. The molecule has 0 saturated heterocycles. The summed E-state index contributed by atoms with van der Waals surface area (Å²) in [5.41, 5.74) is 0. The summed E-state index contributed by atoms with van der Waals surface area (Å²) < 4.78 is 4.63. The van der Waals surface area contributed by atoms with E-state index >= 15 is 0 Å². The molecule has 0 aliphatic heterocycles. The van der Waals surface area contributed by atoms with Crippen LogP contribution in [0, 0.1) is 0 Å². The van der Waals surface area contributed by atoms with Crippen molar-refractivity contribution in [2.75, 3.05) is 25.7 Å². The fourth-order valence-electron chi connectivity index (χ4n) is 0.247. The topological polar surface area (TPSA) is 44.8 Å². The molecule has 0 aromatic heterocycles. The summed E-state index contributed by atoms with van der Waals surface area (Å²) in [6, 6.07) is 0. The van der Waals surface area contributed by atoms with Crippen LogP contribution in [0.1, 0.15) is 0 Å². The molecule has 0 amide bonds. The van der Waals surface area contributed by atoms with E-state index in [9.17, 15) is 4.79 Å². The molecule has 0 aliphatic rings. The second kappa shape index (κ2) is 6.98. The van der Waals surface area contributed by atoms with Crippen LogP contribution in [0.4, 0.5) is 0 Å². The van der Waals surface area contributed by atoms with Gasteiger partial charge in [0.1, 0.15) is 11.9 Å². The predicted molar refractivity (Wildman–Crippen MR) is 37.7 cm³/mol. The SMILES string of the molecule is COCCOOC(=O)CBr. The molecule has 5 heteroatoms. The van der Waals surface area contributed by atoms with Crippen LogP contribution in [0.15, 0.2) is 0 Å². The van der Waals surface area contributed by atoms with E-state index in [-0.39, 0.29) is 11.9 Å². The molecule has 0 fully saturated rings. The van der Waals surface area contributed by atoms with Crippen molar-refractivity contribution in [3.63, 3.8) is 0 Å². The molecule has 0 spiro atoms. The fourth-order valence-corrected chi connectivity index (χ4v) is 0.340. The first-order chi connectivity index (χ1) is 4.81. The Kier molecular flexibility index (Phi) is 6.89. The predicted octanol–water partition coefficient (Wildman–Crippen LogP) is 0.503. The Bertz CT molecular complexity index is 95.6. The van der Waals surface area contributed by atoms with E-state index in [0.717, 1.165) is 0 Å². The van der Waals surface area contributed by atoms with E-state index in [1.807, 2.05) is 0 Å². The van der Waals surface area contributed by atoms with E-state index < -0.39 is 5.97 Å². The Labute approximate surface area is 67.5 Å². The summed E-state index contributed by atoms with van der Waals surface area (Å²) in [7, 11) is 1.54. The quantitative estimate of drug-likeness (QED) is 0.288. The summed E-state index contributed by atoms with van der Waals surface area (Å²) in [6.07, 6.45) is 0. The zero-order valence-corrected chi connectivity index (χ0v) is 7.22. The number of carbonyl (C=O) groups excluding carboxylic acids is 1. The maximum atomic E-state index is 10.3. The van der Waals surface area contributed by atoms with E-state index in [1.54, 1.807) is 0 Å². The van der Waals surface area contributed by atoms with Gasteiger partial charge in [-0.2, -0.15) is 4.89 Å². The van der Waals surface area contributed by atoms with Gasteiger partial charge >= 0.3 is 5.97 Å². The molecule has 0 atom stereocenters. The highest BCUT2D eigenvalue weighted by Crippen LogP contribution is 1.86. The van der Waals surface area contributed by atoms with Gasteiger partial charge in [-0.25, -0.2) is 4.79 Å². The lowest BCUT2D eigenvalue weighted by molar-refractivity contribution is -0.273. The molecule has 0 saturated carbocycles. The minimum Gasteiger partial charge on any atom is -0.382 e. The number of hydrogen-bond acceptors (Lipinski definition) is 4. The number of methoxy groups -OCH3 is 1. The summed E-state index contributed by atoms with van der Waals surface area (Å²) in [4.78, 5) is 19.0. The highest BCUT2D eigenvalue weighted by molar-refractivity contribution is 9.09. The molecule has 4 nitrogen and oxygen atoms in total. The van der Waals surface area contributed by atoms with Crippen LogP contribution >= 0.6 is 15.9 Å². The van der Waals surface area contributed by atoms with Gasteiger partial charge in [0.15, 0.2) is 0 Å². The number of hydrogen-bond donors (Lipinski definition) is 0. The van der Waals surface area contributed by atoms with Gasteiger partial charge in [-0.1, -0.05) is 15.9 Å². The minimum atomic E-state index is -0.448. The van der Waals surface area contributed by atoms with Gasteiger partial charge < -0.3 is 4.74 Å². The normalized spacial score (nSPS) is 9.40. The third kappa shape index (κ3) is 6.00. The lowest BCUT2D eigenvalue weighted by Gasteiger charge is -1.99. The maximum absolute atomic E-state index is 10.3. The van der Waals surface area contributed by atoms with Crippen LogP contribution in [0.25, 0.3) is 0 Å². The molecule has 60 valence electrons. The van der Waals surface area contributed by atoms with Gasteiger partial charge in [-0.3, -0.25) is 4.89 Å². The van der Waals surface area contributed by atoms with Crippen molar-refractivity contribution in [3.05, 3.63) is 0 Å². The number of ether oxygens (including phenoxy) is 1. The van der Waals surface area contributed by atoms with Crippen LogP contribution in [0.5, 0.6) is 0 Å². The summed E-state index contributed by atoms with van der Waals surface area (Å²) in [5, 5.41) is 0.139. The molecule has 0 aliphatic carbocycles. The summed E-state index contributed by atoms with van der Waals surface area (Å²) in [6.45, 7) is 0.671. The molecular weight excluding hydrogens is 204 g/mol. The molecule has 0 heterocycles. The van der Waals surface area contributed by atoms with Gasteiger partial charge in [-0.15, -0.1) is 0 Å². The summed E-state index contributed by atoms with van der Waals surface area (Å²) >= 11 is 2.90. The lowest BCUT2D eigenvalue weighted by atomic mass is 10.8. The molecule has 0 aromatic rings. The molecule has 0 N–H and O–H groups in total. The first kappa shape index (κ1) is 9.87. The van der Waals surface area contributed by atoms with Crippen molar-refractivity contribution in [3.8, 4) is 0 Å². The second-order valence-corrected chi connectivity index (χ2v) is 1.96. The van der Waals surface area contributed by atoms with Gasteiger partial charge in [0.05, 0.1) is 6.61 Å². The third-order valence-corrected chi connectivity index (χ3v) is 1.09. The Morgan fingerprint density at radius 1 is 1.50 bits per heavy atom. The third-order valence-electron chi connectivity index (χ3n) is 0.632. The van der Waals surface area contributed by atoms with E-state index in [4.69, 9.17) is 0 Å². The van der Waals surface area contributed by atoms with Gasteiger partial charge in [-0.05, 0) is 0 Å². The van der Waals surface area contributed by atoms with E-state index in [2.05, 4.69) is 30.4 Å². The van der Waals surface area contributed by atoms with Crippen molar-refractivity contribution in [1.29, 1.82) is 0 Å². The Morgan fingerprint density at radius 2 is 2.20 bits per heavy atom. The van der Waals surface area contributed by atoms with Crippen LogP contribution in [-0.4, -0.2) is 31.6 Å². The highest BCUT2D eigenvalue weighted by Gasteiger charge is 1.98. The average molecular weight is 213 g/mol. The zero-order chi connectivity index (χ0) is 7.82. The lowest BCUT2D eigenvalue weighted by Crippen LogP contribution is -2.09. The Morgan fingerprint density at radius 3 is 2.70 bits per heavy atom. The van der Waals surface area contributed by atoms with Crippen LogP contribution in [0.2, 0.25) is 0 Å². The van der Waals surface area contributed by atoms with Gasteiger partial charge in [0, 0.05) is 7.11 Å². The van der Waals surface area contributed by atoms with Crippen LogP contribution in [0.3, 0.4) is 0 Å². The molecule has 0 rings (SSSR count).